The molecule has 1 saturated carbocycles. The molecular formula is C35H41NO8S. The van der Waals surface area contributed by atoms with Crippen LogP contribution in [0.3, 0.4) is 0 Å². The molecule has 240 valence electrons. The fourth-order valence-corrected chi connectivity index (χ4v) is 9.82. The highest BCUT2D eigenvalue weighted by atomic mass is 32.2. The van der Waals surface area contributed by atoms with Crippen molar-refractivity contribution in [2.45, 2.75) is 84.6 Å². The molecule has 3 aliphatic carbocycles. The summed E-state index contributed by atoms with van der Waals surface area (Å²) in [6, 6.07) is 9.16. The van der Waals surface area contributed by atoms with Gasteiger partial charge in [0.15, 0.2) is 17.1 Å². The van der Waals surface area contributed by atoms with Crippen LogP contribution in [0, 0.1) is 22.7 Å². The molecule has 0 aromatic heterocycles. The third-order valence-corrected chi connectivity index (χ3v) is 11.6. The van der Waals surface area contributed by atoms with E-state index in [0.717, 1.165) is 0 Å². The highest BCUT2D eigenvalue weighted by molar-refractivity contribution is 7.92. The van der Waals surface area contributed by atoms with Crippen LogP contribution in [0.5, 0.6) is 5.75 Å². The predicted octanol–water partition coefficient (Wildman–Crippen LogP) is 5.62. The summed E-state index contributed by atoms with van der Waals surface area (Å²) >= 11 is 0. The summed E-state index contributed by atoms with van der Waals surface area (Å²) in [4.78, 5) is 41.3. The number of phenols is 1. The first kappa shape index (κ1) is 32.6. The number of carbonyl (C=O) groups is 3. The van der Waals surface area contributed by atoms with Gasteiger partial charge in [0.2, 0.25) is 11.6 Å². The zero-order valence-electron chi connectivity index (χ0n) is 26.9. The number of hydrogen-bond acceptors (Lipinski definition) is 8. The zero-order valence-corrected chi connectivity index (χ0v) is 27.7. The van der Waals surface area contributed by atoms with Crippen molar-refractivity contribution in [1.82, 2.24) is 0 Å². The van der Waals surface area contributed by atoms with Crippen LogP contribution in [0.25, 0.3) is 5.76 Å². The molecule has 9 nitrogen and oxygen atoms in total. The van der Waals surface area contributed by atoms with E-state index < -0.39 is 61.2 Å². The van der Waals surface area contributed by atoms with Crippen molar-refractivity contribution < 1.29 is 38.1 Å². The Kier molecular flexibility index (Phi) is 7.53. The molecule has 0 radical (unpaired) electrons. The van der Waals surface area contributed by atoms with Crippen LogP contribution in [0.4, 0.5) is 5.69 Å². The van der Waals surface area contributed by atoms with E-state index in [4.69, 9.17) is 0 Å². The minimum absolute atomic E-state index is 0.0347. The van der Waals surface area contributed by atoms with Crippen LogP contribution in [0.2, 0.25) is 0 Å². The van der Waals surface area contributed by atoms with Gasteiger partial charge in [-0.2, -0.15) is 0 Å². The summed E-state index contributed by atoms with van der Waals surface area (Å²) in [5.74, 6) is -4.57. The molecule has 0 aliphatic heterocycles. The van der Waals surface area contributed by atoms with Crippen molar-refractivity contribution in [3.8, 4) is 5.75 Å². The second-order valence-electron chi connectivity index (χ2n) is 14.0. The van der Waals surface area contributed by atoms with E-state index in [2.05, 4.69) is 4.72 Å². The van der Waals surface area contributed by atoms with Crippen molar-refractivity contribution >= 4 is 38.8 Å². The molecule has 10 heteroatoms. The van der Waals surface area contributed by atoms with Crippen LogP contribution in [0.15, 0.2) is 58.0 Å². The Morgan fingerprint density at radius 3 is 2.16 bits per heavy atom. The molecule has 3 aliphatic rings. The van der Waals surface area contributed by atoms with Crippen molar-refractivity contribution in [3.05, 3.63) is 69.8 Å². The molecule has 4 atom stereocenters. The quantitative estimate of drug-likeness (QED) is 0.181. The van der Waals surface area contributed by atoms with E-state index in [0.29, 0.717) is 16.7 Å². The molecule has 45 heavy (non-hydrogen) atoms. The Morgan fingerprint density at radius 2 is 1.62 bits per heavy atom. The average molecular weight is 636 g/mol. The van der Waals surface area contributed by atoms with E-state index in [1.54, 1.807) is 45.0 Å². The summed E-state index contributed by atoms with van der Waals surface area (Å²) in [5, 5.41) is 35.8. The smallest absolute Gasteiger partial charge is 0.262 e. The second kappa shape index (κ2) is 10.4. The van der Waals surface area contributed by atoms with E-state index in [-0.39, 0.29) is 52.0 Å². The van der Waals surface area contributed by atoms with Gasteiger partial charge in [-0.05, 0) is 73.8 Å². The lowest BCUT2D eigenvalue weighted by Crippen LogP contribution is -2.70. The van der Waals surface area contributed by atoms with Gasteiger partial charge in [0.25, 0.3) is 10.0 Å². The van der Waals surface area contributed by atoms with Gasteiger partial charge in [-0.25, -0.2) is 8.42 Å². The van der Waals surface area contributed by atoms with Crippen molar-refractivity contribution in [3.63, 3.8) is 0 Å². The van der Waals surface area contributed by atoms with Gasteiger partial charge in [-0.3, -0.25) is 19.1 Å². The normalized spacial score (nSPS) is 28.3. The Hall–Kier alpha value is -3.76. The molecule has 5 rings (SSSR count). The van der Waals surface area contributed by atoms with E-state index in [1.807, 2.05) is 27.7 Å². The third kappa shape index (κ3) is 4.43. The molecule has 0 spiro atoms. The summed E-state index contributed by atoms with van der Waals surface area (Å²) in [7, 11) is -4.14. The average Bonchev–Trinajstić information content (AvgIpc) is 2.92. The summed E-state index contributed by atoms with van der Waals surface area (Å²) < 4.78 is 28.9. The topological polar surface area (TPSA) is 158 Å². The number of aliphatic hydroxyl groups excluding tert-OH is 1. The maximum Gasteiger partial charge on any atom is 0.262 e. The maximum atomic E-state index is 14.6. The maximum absolute atomic E-state index is 14.6. The number of hydrogen-bond donors (Lipinski definition) is 4. The summed E-state index contributed by atoms with van der Waals surface area (Å²) in [6.45, 7) is 14.1. The standard InChI is InChI=1S/C35H41NO8S/c1-17(2)22-14-24(36-45(43,44)21-12-10-9-11-13-21)29(38)26-23(22)15-33(7)16-34(8)27(18(3)4)19(5)25(20(6)37)31(40)35(34,42)32(41)28(33)30(26)39/h9-14,17-18,27,36,38-39,42H,15-16H2,1-8H3/t27-,33+,34+,35-/m1/s1. The number of aliphatic hydroxyl groups is 2. The van der Waals surface area contributed by atoms with Gasteiger partial charge in [0.05, 0.1) is 21.7 Å². The first-order valence-electron chi connectivity index (χ1n) is 15.2. The Balaban J connectivity index is 1.78. The lowest BCUT2D eigenvalue weighted by Gasteiger charge is -2.60. The number of fused-ring (bicyclic) bond motifs is 3. The highest BCUT2D eigenvalue weighted by Gasteiger charge is 2.72. The van der Waals surface area contributed by atoms with Gasteiger partial charge in [0.1, 0.15) is 5.76 Å². The molecular weight excluding hydrogens is 594 g/mol. The molecule has 2 aromatic rings. The largest absolute Gasteiger partial charge is 0.507 e. The lowest BCUT2D eigenvalue weighted by atomic mass is 9.42. The fourth-order valence-electron chi connectivity index (χ4n) is 8.74. The van der Waals surface area contributed by atoms with Crippen molar-refractivity contribution in [2.75, 3.05) is 4.72 Å². The first-order valence-corrected chi connectivity index (χ1v) is 16.7. The number of rotatable bonds is 6. The Labute approximate surface area is 264 Å². The zero-order chi connectivity index (χ0) is 33.6. The van der Waals surface area contributed by atoms with Gasteiger partial charge >= 0.3 is 0 Å². The van der Waals surface area contributed by atoms with Gasteiger partial charge in [0, 0.05) is 16.4 Å². The number of allylic oxidation sites excluding steroid dienone is 1. The van der Waals surface area contributed by atoms with Crippen LogP contribution in [-0.2, 0) is 30.8 Å². The number of phenolic OH excluding ortho intramolecular Hbond substituents is 1. The second-order valence-corrected chi connectivity index (χ2v) is 15.7. The van der Waals surface area contributed by atoms with Crippen molar-refractivity contribution in [1.29, 1.82) is 0 Å². The Morgan fingerprint density at radius 1 is 1.02 bits per heavy atom. The molecule has 0 heterocycles. The van der Waals surface area contributed by atoms with Crippen LogP contribution >= 0.6 is 0 Å². The number of nitrogens with one attached hydrogen (secondary N) is 1. The number of sulfonamides is 1. The van der Waals surface area contributed by atoms with E-state index in [1.165, 1.54) is 19.1 Å². The number of ketones is 3. The first-order chi connectivity index (χ1) is 20.7. The van der Waals surface area contributed by atoms with Crippen molar-refractivity contribution in [2.24, 2.45) is 22.7 Å². The molecule has 2 aromatic carbocycles. The third-order valence-electron chi connectivity index (χ3n) is 10.3. The number of Topliss-reactive ketones (excluding diaryl/α,β-unsaturated/α-hetero) is 3. The molecule has 0 saturated heterocycles. The number of aromatic hydroxyl groups is 1. The molecule has 0 unspecified atom stereocenters. The van der Waals surface area contributed by atoms with Crippen LogP contribution in [-0.4, -0.2) is 46.7 Å². The monoisotopic (exact) mass is 635 g/mol. The predicted molar refractivity (Wildman–Crippen MR) is 170 cm³/mol. The number of anilines is 1. The van der Waals surface area contributed by atoms with Crippen LogP contribution < -0.4 is 4.72 Å². The molecule has 1 fully saturated rings. The molecule has 0 bridgehead atoms. The fraction of sp³-hybridized carbons (Fsp3) is 0.457. The number of carbonyl (C=O) groups excluding carboxylic acids is 3. The molecule has 0 amide bonds. The summed E-state index contributed by atoms with van der Waals surface area (Å²) in [5.41, 5.74) is -4.02. The molecule has 4 N–H and O–H groups in total. The Bertz CT molecular complexity index is 1840. The highest BCUT2D eigenvalue weighted by Crippen LogP contribution is 2.65. The lowest BCUT2D eigenvalue weighted by molar-refractivity contribution is -0.180. The van der Waals surface area contributed by atoms with E-state index >= 15 is 0 Å². The number of benzene rings is 2. The summed E-state index contributed by atoms with van der Waals surface area (Å²) in [6.07, 6.45) is 0.298. The van der Waals surface area contributed by atoms with E-state index in [9.17, 15) is 38.1 Å². The minimum atomic E-state index is -4.14. The minimum Gasteiger partial charge on any atom is -0.507 e. The van der Waals surface area contributed by atoms with Gasteiger partial charge < -0.3 is 15.3 Å². The van der Waals surface area contributed by atoms with Gasteiger partial charge in [-0.15, -0.1) is 0 Å². The SMILES string of the molecule is CC(=O)C1=C(C)[C@@H](C(C)C)[C@]2(C)C[C@]3(C)Cc4c(C(C)C)cc(NS(=O)(=O)c5ccccc5)c(O)c4C(O)=C3C(=O)[C@]2(O)C1=O. The van der Waals surface area contributed by atoms with Gasteiger partial charge in [-0.1, -0.05) is 65.3 Å². The van der Waals surface area contributed by atoms with Crippen LogP contribution in [0.1, 0.15) is 84.4 Å².